The summed E-state index contributed by atoms with van der Waals surface area (Å²) >= 11 is 19.1. The third kappa shape index (κ3) is 9.33. The third-order valence-corrected chi connectivity index (χ3v) is 10.4. The smallest absolute Gasteiger partial charge is 0.265 e. The van der Waals surface area contributed by atoms with Crippen LogP contribution in [0.25, 0.3) is 0 Å². The number of anilines is 1. The number of carbonyl (C=O) groups is 2. The third-order valence-electron chi connectivity index (χ3n) is 7.81. The van der Waals surface area contributed by atoms with E-state index in [2.05, 4.69) is 5.32 Å². The van der Waals surface area contributed by atoms with Crippen LogP contribution < -0.4 is 23.8 Å². The Balaban J connectivity index is 1.89. The van der Waals surface area contributed by atoms with Crippen molar-refractivity contribution in [3.05, 3.63) is 111 Å². The Morgan fingerprint density at radius 1 is 0.800 bits per heavy atom. The van der Waals surface area contributed by atoms with Crippen LogP contribution in [0.4, 0.5) is 5.69 Å². The molecule has 1 atom stereocenters. The summed E-state index contributed by atoms with van der Waals surface area (Å²) in [6.45, 7) is 1.40. The predicted octanol–water partition coefficient (Wildman–Crippen LogP) is 7.03. The molecule has 0 aromatic heterocycles. The summed E-state index contributed by atoms with van der Waals surface area (Å²) in [7, 11) is -0.345. The molecular weight excluding hydrogens is 725 g/mol. The van der Waals surface area contributed by atoms with Crippen LogP contribution in [-0.4, -0.2) is 65.6 Å². The second-order valence-electron chi connectivity index (χ2n) is 11.1. The van der Waals surface area contributed by atoms with Gasteiger partial charge in [-0.05, 0) is 60.0 Å². The van der Waals surface area contributed by atoms with Crippen LogP contribution in [0.15, 0.2) is 89.8 Å². The lowest BCUT2D eigenvalue weighted by molar-refractivity contribution is -0.140. The van der Waals surface area contributed by atoms with Crippen LogP contribution in [0.1, 0.15) is 24.5 Å². The van der Waals surface area contributed by atoms with Crippen molar-refractivity contribution in [3.8, 4) is 17.2 Å². The molecular formula is C36H38Cl3N3O7S. The summed E-state index contributed by atoms with van der Waals surface area (Å²) in [5.41, 5.74) is 1.29. The van der Waals surface area contributed by atoms with Gasteiger partial charge < -0.3 is 24.4 Å². The number of rotatable bonds is 16. The molecule has 0 saturated heterocycles. The molecule has 2 amide bonds. The van der Waals surface area contributed by atoms with Gasteiger partial charge in [0.05, 0.1) is 31.9 Å². The maximum atomic E-state index is 14.8. The molecule has 0 radical (unpaired) electrons. The zero-order valence-corrected chi connectivity index (χ0v) is 31.1. The molecule has 10 nitrogen and oxygen atoms in total. The highest BCUT2D eigenvalue weighted by Crippen LogP contribution is 2.37. The number of nitrogens with one attached hydrogen (secondary N) is 1. The maximum absolute atomic E-state index is 14.8. The minimum atomic E-state index is -4.53. The number of hydrogen-bond donors (Lipinski definition) is 1. The van der Waals surface area contributed by atoms with Crippen LogP contribution >= 0.6 is 34.8 Å². The van der Waals surface area contributed by atoms with Gasteiger partial charge in [-0.1, -0.05) is 78.1 Å². The van der Waals surface area contributed by atoms with Crippen molar-refractivity contribution >= 4 is 62.3 Å². The summed E-state index contributed by atoms with van der Waals surface area (Å²) < 4.78 is 46.3. The average Bonchev–Trinajstić information content (AvgIpc) is 3.11. The number of amides is 2. The molecule has 14 heteroatoms. The molecule has 0 aliphatic carbocycles. The minimum absolute atomic E-state index is 0.00246. The van der Waals surface area contributed by atoms with E-state index < -0.39 is 34.4 Å². The molecule has 0 saturated carbocycles. The highest BCUT2D eigenvalue weighted by molar-refractivity contribution is 7.92. The number of ether oxygens (including phenoxy) is 3. The minimum Gasteiger partial charge on any atom is -0.495 e. The molecule has 0 fully saturated rings. The molecule has 50 heavy (non-hydrogen) atoms. The van der Waals surface area contributed by atoms with E-state index >= 15 is 0 Å². The van der Waals surface area contributed by atoms with Gasteiger partial charge in [-0.25, -0.2) is 8.42 Å². The van der Waals surface area contributed by atoms with E-state index in [0.717, 1.165) is 9.87 Å². The van der Waals surface area contributed by atoms with E-state index in [9.17, 15) is 18.0 Å². The van der Waals surface area contributed by atoms with Gasteiger partial charge in [0.1, 0.15) is 18.3 Å². The molecule has 0 spiro atoms. The second-order valence-corrected chi connectivity index (χ2v) is 14.2. The highest BCUT2D eigenvalue weighted by atomic mass is 35.5. The van der Waals surface area contributed by atoms with Gasteiger partial charge in [0.25, 0.3) is 10.0 Å². The molecule has 4 aromatic rings. The first-order chi connectivity index (χ1) is 23.9. The summed E-state index contributed by atoms with van der Waals surface area (Å²) in [4.78, 5) is 29.8. The maximum Gasteiger partial charge on any atom is 0.265 e. The van der Waals surface area contributed by atoms with Gasteiger partial charge in [-0.2, -0.15) is 0 Å². The van der Waals surface area contributed by atoms with Gasteiger partial charge in [-0.3, -0.25) is 13.9 Å². The first-order valence-electron chi connectivity index (χ1n) is 15.6. The van der Waals surface area contributed by atoms with E-state index in [0.29, 0.717) is 29.3 Å². The Morgan fingerprint density at radius 2 is 1.44 bits per heavy atom. The SMILES string of the molecule is CCCNC(=O)[C@@H](Cc1ccccc1)N(Cc1ccc(Cl)cc1Cl)C(=O)CN(c1cc(Cl)ccc1OC)S(=O)(=O)c1ccc(OC)c(OC)c1. The van der Waals surface area contributed by atoms with E-state index in [1.807, 2.05) is 37.3 Å². The van der Waals surface area contributed by atoms with Crippen molar-refractivity contribution in [2.24, 2.45) is 0 Å². The first kappa shape index (κ1) is 38.6. The summed E-state index contributed by atoms with van der Waals surface area (Å²) in [5.74, 6) is -0.506. The van der Waals surface area contributed by atoms with E-state index in [-0.39, 0.29) is 45.1 Å². The largest absolute Gasteiger partial charge is 0.495 e. The normalized spacial score (nSPS) is 11.7. The number of sulfonamides is 1. The Morgan fingerprint density at radius 3 is 2.08 bits per heavy atom. The molecule has 4 aromatic carbocycles. The number of benzene rings is 4. The standard InChI is InChI=1S/C36H38Cl3N3O7S/c1-5-17-40-36(44)31(18-24-9-7-6-8-10-24)41(22-25-11-12-26(37)19-29(25)39)35(43)23-42(30-20-27(38)13-15-32(30)47-2)50(45,46)28-14-16-33(48-3)34(21-28)49-4/h6-16,19-21,31H,5,17-18,22-23H2,1-4H3,(H,40,44)/t31-/m1/s1. The van der Waals surface area contributed by atoms with Crippen LogP contribution in [0.5, 0.6) is 17.2 Å². The lowest BCUT2D eigenvalue weighted by Gasteiger charge is -2.34. The van der Waals surface area contributed by atoms with Crippen LogP contribution in [-0.2, 0) is 32.6 Å². The van der Waals surface area contributed by atoms with Gasteiger partial charge in [0.2, 0.25) is 11.8 Å². The molecule has 0 aliphatic rings. The molecule has 4 rings (SSSR count). The van der Waals surface area contributed by atoms with Gasteiger partial charge in [-0.15, -0.1) is 0 Å². The fraction of sp³-hybridized carbons (Fsp3) is 0.278. The van der Waals surface area contributed by atoms with E-state index in [1.54, 1.807) is 12.1 Å². The summed E-state index contributed by atoms with van der Waals surface area (Å²) in [6.07, 6.45) is 0.795. The van der Waals surface area contributed by atoms with Crippen molar-refractivity contribution in [1.82, 2.24) is 10.2 Å². The Kier molecular flexibility index (Phi) is 13.7. The van der Waals surface area contributed by atoms with Gasteiger partial charge in [0, 0.05) is 40.6 Å². The van der Waals surface area contributed by atoms with Crippen molar-refractivity contribution < 1.29 is 32.2 Å². The van der Waals surface area contributed by atoms with E-state index in [1.165, 1.54) is 68.7 Å². The average molecular weight is 763 g/mol. The quantitative estimate of drug-likeness (QED) is 0.130. The van der Waals surface area contributed by atoms with Crippen molar-refractivity contribution in [3.63, 3.8) is 0 Å². The van der Waals surface area contributed by atoms with Gasteiger partial charge in [0.15, 0.2) is 11.5 Å². The van der Waals surface area contributed by atoms with Crippen molar-refractivity contribution in [1.29, 1.82) is 0 Å². The molecule has 266 valence electrons. The fourth-order valence-corrected chi connectivity index (χ4v) is 7.30. The second kappa shape index (κ2) is 17.7. The van der Waals surface area contributed by atoms with Crippen molar-refractivity contribution in [2.45, 2.75) is 37.2 Å². The van der Waals surface area contributed by atoms with Crippen LogP contribution in [0, 0.1) is 0 Å². The summed E-state index contributed by atoms with van der Waals surface area (Å²) in [5, 5.41) is 3.77. The number of halogens is 3. The topological polar surface area (TPSA) is 114 Å². The lowest BCUT2D eigenvalue weighted by Crippen LogP contribution is -2.53. The Hall–Kier alpha value is -4.16. The fourth-order valence-electron chi connectivity index (χ4n) is 5.23. The molecule has 0 heterocycles. The zero-order chi connectivity index (χ0) is 36.4. The Bertz CT molecular complexity index is 1910. The molecule has 0 bridgehead atoms. The lowest BCUT2D eigenvalue weighted by atomic mass is 10.0. The molecule has 1 N–H and O–H groups in total. The number of hydrogen-bond acceptors (Lipinski definition) is 7. The van der Waals surface area contributed by atoms with Gasteiger partial charge >= 0.3 is 0 Å². The number of nitrogens with zero attached hydrogens (tertiary/aromatic N) is 2. The highest BCUT2D eigenvalue weighted by Gasteiger charge is 2.36. The Labute approximate surface area is 307 Å². The van der Waals surface area contributed by atoms with Crippen molar-refractivity contribution in [2.75, 3.05) is 38.7 Å². The van der Waals surface area contributed by atoms with Crippen LogP contribution in [0.2, 0.25) is 15.1 Å². The zero-order valence-electron chi connectivity index (χ0n) is 28.0. The predicted molar refractivity (Wildman–Crippen MR) is 196 cm³/mol. The first-order valence-corrected chi connectivity index (χ1v) is 18.1. The molecule has 0 unspecified atom stereocenters. The van der Waals surface area contributed by atoms with Crippen LogP contribution in [0.3, 0.4) is 0 Å². The monoisotopic (exact) mass is 761 g/mol. The summed E-state index contributed by atoms with van der Waals surface area (Å²) in [6, 6.07) is 21.5. The molecule has 0 aliphatic heterocycles. The number of carbonyl (C=O) groups excluding carboxylic acids is 2. The van der Waals surface area contributed by atoms with E-state index in [4.69, 9.17) is 49.0 Å². The number of methoxy groups -OCH3 is 3.